The zero-order valence-electron chi connectivity index (χ0n) is 19.2. The Hall–Kier alpha value is -3.86. The summed E-state index contributed by atoms with van der Waals surface area (Å²) in [5.41, 5.74) is 15.5. The number of benzene rings is 1. The highest BCUT2D eigenvalue weighted by molar-refractivity contribution is 6.06. The molecule has 6 rings (SSSR count). The topological polar surface area (TPSA) is 131 Å². The number of hydrogen-bond donors (Lipinski definition) is 5. The van der Waals surface area contributed by atoms with Crippen LogP contribution in [-0.4, -0.2) is 28.5 Å². The van der Waals surface area contributed by atoms with Gasteiger partial charge in [0.25, 0.3) is 0 Å². The molecule has 0 radical (unpaired) electrons. The van der Waals surface area contributed by atoms with Crippen LogP contribution in [0.2, 0.25) is 0 Å². The minimum absolute atomic E-state index is 0.122. The van der Waals surface area contributed by atoms with Gasteiger partial charge in [0.1, 0.15) is 12.3 Å². The van der Waals surface area contributed by atoms with Gasteiger partial charge in [0, 0.05) is 24.6 Å². The molecule has 35 heavy (non-hydrogen) atoms. The number of aryl methyl sites for hydroxylation is 1. The third-order valence-corrected chi connectivity index (χ3v) is 7.20. The number of anilines is 2. The van der Waals surface area contributed by atoms with E-state index in [0.29, 0.717) is 35.8 Å². The summed E-state index contributed by atoms with van der Waals surface area (Å²) in [5.74, 6) is -0.00673. The molecule has 10 nitrogen and oxygen atoms in total. The summed E-state index contributed by atoms with van der Waals surface area (Å²) in [6.07, 6.45) is 8.99. The number of pyridine rings is 2. The smallest absolute Gasteiger partial charge is 0.202 e. The van der Waals surface area contributed by atoms with E-state index >= 15 is 4.39 Å². The molecular formula is C24H27FN8O2. The van der Waals surface area contributed by atoms with Gasteiger partial charge in [-0.15, -0.1) is 10.6 Å². The molecule has 0 bridgehead atoms. The van der Waals surface area contributed by atoms with Crippen molar-refractivity contribution in [2.24, 2.45) is 5.10 Å². The van der Waals surface area contributed by atoms with Crippen molar-refractivity contribution < 1.29 is 9.13 Å². The lowest BCUT2D eigenvalue weighted by Crippen LogP contribution is -2.43. The van der Waals surface area contributed by atoms with E-state index in [0.717, 1.165) is 44.2 Å². The number of ether oxygens (including phenoxy) is 1. The number of hydrazine groups is 2. The maximum absolute atomic E-state index is 15.6. The maximum atomic E-state index is 15.6. The lowest BCUT2D eigenvalue weighted by Gasteiger charge is -2.39. The fraction of sp³-hybridized carbons (Fsp3) is 0.375. The van der Waals surface area contributed by atoms with E-state index in [1.54, 1.807) is 6.20 Å². The summed E-state index contributed by atoms with van der Waals surface area (Å²) in [6.45, 7) is 0.903. The molecule has 0 unspecified atom stereocenters. The van der Waals surface area contributed by atoms with Crippen LogP contribution in [0.25, 0.3) is 10.9 Å². The first-order chi connectivity index (χ1) is 17.1. The van der Waals surface area contributed by atoms with E-state index in [2.05, 4.69) is 36.5 Å². The van der Waals surface area contributed by atoms with Crippen LogP contribution in [-0.2, 0) is 12.0 Å². The second-order valence-electron chi connectivity index (χ2n) is 9.29. The Bertz CT molecular complexity index is 1380. The third kappa shape index (κ3) is 3.45. The van der Waals surface area contributed by atoms with E-state index in [1.165, 1.54) is 0 Å². The number of aromatic nitrogens is 2. The van der Waals surface area contributed by atoms with Gasteiger partial charge < -0.3 is 20.4 Å². The Kier molecular flexibility index (Phi) is 5.21. The fourth-order valence-corrected chi connectivity index (χ4v) is 5.44. The molecule has 4 heterocycles. The zero-order chi connectivity index (χ0) is 24.0. The lowest BCUT2D eigenvalue weighted by atomic mass is 9.93. The largest absolute Gasteiger partial charge is 0.487 e. The number of amidine groups is 1. The predicted molar refractivity (Wildman–Crippen MR) is 132 cm³/mol. The molecule has 11 heteroatoms. The van der Waals surface area contributed by atoms with Crippen molar-refractivity contribution in [3.63, 3.8) is 0 Å². The summed E-state index contributed by atoms with van der Waals surface area (Å²) in [6, 6.07) is 5.79. The van der Waals surface area contributed by atoms with Crippen LogP contribution in [0, 0.1) is 5.82 Å². The number of rotatable bonds is 6. The minimum Gasteiger partial charge on any atom is -0.487 e. The van der Waals surface area contributed by atoms with Crippen molar-refractivity contribution >= 4 is 28.1 Å². The molecule has 1 aromatic carbocycles. The van der Waals surface area contributed by atoms with Gasteiger partial charge in [0.05, 0.1) is 27.7 Å². The number of hydrazone groups is 1. The Morgan fingerprint density at radius 3 is 2.89 bits per heavy atom. The van der Waals surface area contributed by atoms with Crippen LogP contribution in [0.15, 0.2) is 40.5 Å². The van der Waals surface area contributed by atoms with Crippen LogP contribution < -0.4 is 37.7 Å². The molecule has 0 amide bonds. The second kappa shape index (κ2) is 8.42. The van der Waals surface area contributed by atoms with Crippen LogP contribution >= 0.6 is 0 Å². The number of nitrogen functional groups attached to an aromatic ring is 1. The summed E-state index contributed by atoms with van der Waals surface area (Å²) >= 11 is 0. The average molecular weight is 479 g/mol. The molecule has 1 saturated carbocycles. The van der Waals surface area contributed by atoms with Crippen LogP contribution in [0.4, 0.5) is 15.8 Å². The van der Waals surface area contributed by atoms with E-state index in [4.69, 9.17) is 10.5 Å². The van der Waals surface area contributed by atoms with E-state index < -0.39 is 11.2 Å². The van der Waals surface area contributed by atoms with Crippen molar-refractivity contribution in [1.82, 2.24) is 26.0 Å². The minimum atomic E-state index is -0.675. The van der Waals surface area contributed by atoms with Gasteiger partial charge in [-0.1, -0.05) is 18.9 Å². The predicted octanol–water partition coefficient (Wildman–Crippen LogP) is 2.10. The maximum Gasteiger partial charge on any atom is 0.202 e. The molecule has 3 aromatic rings. The van der Waals surface area contributed by atoms with Gasteiger partial charge in [-0.05, 0) is 37.8 Å². The van der Waals surface area contributed by atoms with Gasteiger partial charge in [-0.2, -0.15) is 0 Å². The summed E-state index contributed by atoms with van der Waals surface area (Å²) in [7, 11) is 0. The molecule has 6 N–H and O–H groups in total. The SMILES string of the molecule is Nc1c(F)c(NCCCc2ccccn2)c2c3c1c(=O)c(C1=NNNN1)cn3C1(CCCC1)CO2. The molecule has 3 aliphatic rings. The Balaban J connectivity index is 1.45. The quantitative estimate of drug-likeness (QED) is 0.269. The zero-order valence-corrected chi connectivity index (χ0v) is 19.2. The summed E-state index contributed by atoms with van der Waals surface area (Å²) in [4.78, 5) is 17.9. The number of nitrogens with zero attached hydrogens (tertiary/aromatic N) is 3. The molecule has 0 saturated heterocycles. The van der Waals surface area contributed by atoms with E-state index in [9.17, 15) is 4.79 Å². The highest BCUT2D eigenvalue weighted by Gasteiger charge is 2.43. The first kappa shape index (κ1) is 21.7. The van der Waals surface area contributed by atoms with Crippen LogP contribution in [0.3, 0.4) is 0 Å². The van der Waals surface area contributed by atoms with Crippen molar-refractivity contribution in [1.29, 1.82) is 0 Å². The molecule has 1 fully saturated rings. The van der Waals surface area contributed by atoms with Gasteiger partial charge in [-0.3, -0.25) is 15.2 Å². The van der Waals surface area contributed by atoms with Gasteiger partial charge in [0.2, 0.25) is 5.43 Å². The lowest BCUT2D eigenvalue weighted by molar-refractivity contribution is 0.143. The third-order valence-electron chi connectivity index (χ3n) is 7.20. The number of nitrogens with one attached hydrogen (secondary N) is 4. The van der Waals surface area contributed by atoms with Crippen molar-refractivity contribution in [2.75, 3.05) is 24.2 Å². The molecule has 182 valence electrons. The van der Waals surface area contributed by atoms with Crippen molar-refractivity contribution in [2.45, 2.75) is 44.1 Å². The number of halogens is 1. The van der Waals surface area contributed by atoms with Gasteiger partial charge >= 0.3 is 0 Å². The fourth-order valence-electron chi connectivity index (χ4n) is 5.44. The monoisotopic (exact) mass is 478 g/mol. The normalized spacial score (nSPS) is 17.7. The average Bonchev–Trinajstić information content (AvgIpc) is 3.57. The molecule has 1 aliphatic carbocycles. The highest BCUT2D eigenvalue weighted by Crippen LogP contribution is 2.48. The van der Waals surface area contributed by atoms with Crippen molar-refractivity contribution in [3.05, 3.63) is 57.9 Å². The Morgan fingerprint density at radius 2 is 2.14 bits per heavy atom. The molecule has 2 aliphatic heterocycles. The number of fused-ring (bicyclic) bond motifs is 1. The Labute approximate surface area is 200 Å². The summed E-state index contributed by atoms with van der Waals surface area (Å²) in [5, 5.41) is 7.40. The van der Waals surface area contributed by atoms with Crippen LogP contribution in [0.5, 0.6) is 5.75 Å². The number of nitrogens with two attached hydrogens (primary N) is 1. The first-order valence-electron chi connectivity index (χ1n) is 11.9. The van der Waals surface area contributed by atoms with Gasteiger partial charge in [0.15, 0.2) is 17.4 Å². The Morgan fingerprint density at radius 1 is 1.29 bits per heavy atom. The van der Waals surface area contributed by atoms with Gasteiger partial charge in [-0.25, -0.2) is 9.93 Å². The number of hydrogen-bond acceptors (Lipinski definition) is 9. The molecule has 0 atom stereocenters. The standard InChI is InChI=1S/C24H27FN8O2/c25-17-18(26)16-20-22(19(17)28-11-5-7-14-6-1-4-10-27-14)35-13-24(8-2-3-9-24)33(20)12-15(21(16)34)23-29-31-32-30-23/h1,4,6,10,12,28,31-32H,2-3,5,7-9,11,13,26H2,(H,29,30). The molecule has 2 aromatic heterocycles. The van der Waals surface area contributed by atoms with Crippen molar-refractivity contribution in [3.8, 4) is 5.75 Å². The van der Waals surface area contributed by atoms with Crippen LogP contribution in [0.1, 0.15) is 43.4 Å². The molecule has 1 spiro atoms. The highest BCUT2D eigenvalue weighted by atomic mass is 19.1. The summed E-state index contributed by atoms with van der Waals surface area (Å²) < 4.78 is 24.0. The first-order valence-corrected chi connectivity index (χ1v) is 11.9. The second-order valence-corrected chi connectivity index (χ2v) is 9.29. The van der Waals surface area contributed by atoms with E-state index in [-0.39, 0.29) is 22.3 Å². The van der Waals surface area contributed by atoms with E-state index in [1.807, 2.05) is 24.4 Å². The molecular weight excluding hydrogens is 451 g/mol.